The molecule has 0 unspecified atom stereocenters. The van der Waals surface area contributed by atoms with Crippen molar-refractivity contribution in [3.05, 3.63) is 28.2 Å². The summed E-state index contributed by atoms with van der Waals surface area (Å²) in [4.78, 5) is 25.4. The second kappa shape index (κ2) is 5.67. The zero-order valence-corrected chi connectivity index (χ0v) is 13.1. The van der Waals surface area contributed by atoms with Gasteiger partial charge >= 0.3 is 12.0 Å². The molecule has 0 aliphatic heterocycles. The summed E-state index contributed by atoms with van der Waals surface area (Å²) in [7, 11) is 0. The lowest BCUT2D eigenvalue weighted by molar-refractivity contribution is 0.0696. The molecular formula is C15H17BrN2O3. The quantitative estimate of drug-likeness (QED) is 0.851. The first-order chi connectivity index (χ1) is 10.0. The Labute approximate surface area is 131 Å². The van der Waals surface area contributed by atoms with E-state index in [0.29, 0.717) is 22.1 Å². The number of hydrogen-bond acceptors (Lipinski definition) is 2. The zero-order valence-electron chi connectivity index (χ0n) is 11.5. The van der Waals surface area contributed by atoms with Crippen molar-refractivity contribution in [2.24, 2.45) is 5.92 Å². The summed E-state index contributed by atoms with van der Waals surface area (Å²) >= 11 is 3.20. The molecule has 2 fully saturated rings. The van der Waals surface area contributed by atoms with Gasteiger partial charge in [0.15, 0.2) is 0 Å². The number of urea groups is 1. The number of nitrogens with zero attached hydrogens (tertiary/aromatic N) is 1. The van der Waals surface area contributed by atoms with Crippen molar-refractivity contribution in [2.75, 3.05) is 11.9 Å². The van der Waals surface area contributed by atoms with Crippen molar-refractivity contribution in [1.29, 1.82) is 0 Å². The summed E-state index contributed by atoms with van der Waals surface area (Å²) in [5.74, 6) is -0.370. The third-order valence-electron chi connectivity index (χ3n) is 3.85. The third-order valence-corrected chi connectivity index (χ3v) is 4.54. The Morgan fingerprint density at radius 3 is 2.57 bits per heavy atom. The molecular weight excluding hydrogens is 336 g/mol. The molecule has 0 saturated heterocycles. The standard InChI is InChI=1S/C15H17BrN2O3/c16-13-6-3-10(7-12(13)14(19)20)17-15(21)18(11-4-5-11)8-9-1-2-9/h3,6-7,9,11H,1-2,4-5,8H2,(H,17,21)(H,19,20). The maximum Gasteiger partial charge on any atom is 0.336 e. The summed E-state index contributed by atoms with van der Waals surface area (Å²) < 4.78 is 0.505. The first-order valence-electron chi connectivity index (χ1n) is 7.15. The molecule has 2 N–H and O–H groups in total. The minimum atomic E-state index is -1.02. The largest absolute Gasteiger partial charge is 0.478 e. The number of carboxylic acid groups (broad SMARTS) is 1. The first-order valence-corrected chi connectivity index (χ1v) is 7.94. The van der Waals surface area contributed by atoms with E-state index in [4.69, 9.17) is 5.11 Å². The lowest BCUT2D eigenvalue weighted by atomic mass is 10.2. The lowest BCUT2D eigenvalue weighted by Gasteiger charge is -2.23. The molecule has 0 spiro atoms. The number of anilines is 1. The van der Waals surface area contributed by atoms with Gasteiger partial charge in [0.2, 0.25) is 0 Å². The van der Waals surface area contributed by atoms with Crippen LogP contribution in [0, 0.1) is 5.92 Å². The predicted octanol–water partition coefficient (Wildman–Crippen LogP) is 3.55. The average Bonchev–Trinajstić information content (AvgIpc) is 3.31. The molecule has 2 aliphatic rings. The smallest absolute Gasteiger partial charge is 0.336 e. The number of rotatable bonds is 5. The van der Waals surface area contributed by atoms with Crippen LogP contribution in [0.15, 0.2) is 22.7 Å². The van der Waals surface area contributed by atoms with Crippen molar-refractivity contribution in [3.8, 4) is 0 Å². The Morgan fingerprint density at radius 2 is 2.00 bits per heavy atom. The molecule has 0 atom stereocenters. The molecule has 21 heavy (non-hydrogen) atoms. The topological polar surface area (TPSA) is 69.6 Å². The fraction of sp³-hybridized carbons (Fsp3) is 0.467. The molecule has 2 saturated carbocycles. The summed E-state index contributed by atoms with van der Waals surface area (Å²) in [5.41, 5.74) is 0.662. The van der Waals surface area contributed by atoms with Crippen LogP contribution in [-0.2, 0) is 0 Å². The van der Waals surface area contributed by atoms with Crippen LogP contribution >= 0.6 is 15.9 Å². The monoisotopic (exact) mass is 352 g/mol. The molecule has 5 nitrogen and oxygen atoms in total. The van der Waals surface area contributed by atoms with E-state index in [1.165, 1.54) is 18.9 Å². The highest BCUT2D eigenvalue weighted by molar-refractivity contribution is 9.10. The van der Waals surface area contributed by atoms with Crippen LogP contribution in [-0.4, -0.2) is 34.6 Å². The fourth-order valence-corrected chi connectivity index (χ4v) is 2.74. The second-order valence-corrected chi connectivity index (χ2v) is 6.61. The highest BCUT2D eigenvalue weighted by Crippen LogP contribution is 2.35. The third kappa shape index (κ3) is 3.56. The molecule has 0 bridgehead atoms. The molecule has 2 aliphatic carbocycles. The number of carboxylic acids is 1. The van der Waals surface area contributed by atoms with Gasteiger partial charge in [-0.05, 0) is 65.7 Å². The number of halogens is 1. The summed E-state index contributed by atoms with van der Waals surface area (Å²) in [5, 5.41) is 11.9. The van der Waals surface area contributed by atoms with Crippen LogP contribution in [0.25, 0.3) is 0 Å². The van der Waals surface area contributed by atoms with Crippen LogP contribution in [0.2, 0.25) is 0 Å². The fourth-order valence-electron chi connectivity index (χ4n) is 2.32. The Hall–Kier alpha value is -1.56. The van der Waals surface area contributed by atoms with Crippen LogP contribution in [0.5, 0.6) is 0 Å². The van der Waals surface area contributed by atoms with Gasteiger partial charge in [0.25, 0.3) is 0 Å². The van der Waals surface area contributed by atoms with Crippen molar-refractivity contribution in [2.45, 2.75) is 31.7 Å². The van der Waals surface area contributed by atoms with Crippen molar-refractivity contribution in [1.82, 2.24) is 4.90 Å². The molecule has 0 aromatic heterocycles. The highest BCUT2D eigenvalue weighted by Gasteiger charge is 2.36. The Bertz CT molecular complexity index is 582. The van der Waals surface area contributed by atoms with Crippen LogP contribution in [0.3, 0.4) is 0 Å². The van der Waals surface area contributed by atoms with E-state index >= 15 is 0 Å². The molecule has 0 radical (unpaired) electrons. The summed E-state index contributed by atoms with van der Waals surface area (Å²) in [6.07, 6.45) is 4.55. The van der Waals surface area contributed by atoms with Gasteiger partial charge in [-0.25, -0.2) is 9.59 Å². The number of nitrogens with one attached hydrogen (secondary N) is 1. The molecule has 1 aromatic carbocycles. The molecule has 0 heterocycles. The van der Waals surface area contributed by atoms with E-state index in [1.807, 2.05) is 4.90 Å². The van der Waals surface area contributed by atoms with Gasteiger partial charge in [-0.3, -0.25) is 0 Å². The van der Waals surface area contributed by atoms with E-state index in [-0.39, 0.29) is 11.6 Å². The van der Waals surface area contributed by atoms with Gasteiger partial charge in [-0.15, -0.1) is 0 Å². The van der Waals surface area contributed by atoms with Crippen LogP contribution in [0.1, 0.15) is 36.0 Å². The van der Waals surface area contributed by atoms with Crippen LogP contribution in [0.4, 0.5) is 10.5 Å². The normalized spacial score (nSPS) is 17.4. The molecule has 112 valence electrons. The number of amides is 2. The highest BCUT2D eigenvalue weighted by atomic mass is 79.9. The van der Waals surface area contributed by atoms with Crippen molar-refractivity contribution in [3.63, 3.8) is 0 Å². The van der Waals surface area contributed by atoms with E-state index in [2.05, 4.69) is 21.2 Å². The van der Waals surface area contributed by atoms with Gasteiger partial charge in [0.1, 0.15) is 0 Å². The van der Waals surface area contributed by atoms with Crippen LogP contribution < -0.4 is 5.32 Å². The molecule has 3 rings (SSSR count). The van der Waals surface area contributed by atoms with Gasteiger partial charge < -0.3 is 15.3 Å². The minimum absolute atomic E-state index is 0.122. The molecule has 6 heteroatoms. The number of hydrogen-bond donors (Lipinski definition) is 2. The maximum absolute atomic E-state index is 12.4. The van der Waals surface area contributed by atoms with E-state index in [0.717, 1.165) is 19.4 Å². The lowest BCUT2D eigenvalue weighted by Crippen LogP contribution is -2.38. The van der Waals surface area contributed by atoms with E-state index in [1.54, 1.807) is 12.1 Å². The first kappa shape index (κ1) is 14.4. The van der Waals surface area contributed by atoms with E-state index in [9.17, 15) is 9.59 Å². The maximum atomic E-state index is 12.4. The average molecular weight is 353 g/mol. The minimum Gasteiger partial charge on any atom is -0.478 e. The van der Waals surface area contributed by atoms with Gasteiger partial charge in [-0.1, -0.05) is 0 Å². The van der Waals surface area contributed by atoms with Gasteiger partial charge in [0, 0.05) is 22.7 Å². The summed E-state index contributed by atoms with van der Waals surface area (Å²) in [6.45, 7) is 0.818. The zero-order chi connectivity index (χ0) is 15.0. The Kier molecular flexibility index (Phi) is 3.89. The number of carbonyl (C=O) groups excluding carboxylic acids is 1. The number of carbonyl (C=O) groups is 2. The predicted molar refractivity (Wildman–Crippen MR) is 82.6 cm³/mol. The Morgan fingerprint density at radius 1 is 1.29 bits per heavy atom. The van der Waals surface area contributed by atoms with Gasteiger partial charge in [-0.2, -0.15) is 0 Å². The van der Waals surface area contributed by atoms with Crippen molar-refractivity contribution < 1.29 is 14.7 Å². The number of aromatic carboxylic acids is 1. The second-order valence-electron chi connectivity index (χ2n) is 5.76. The SMILES string of the molecule is O=C(O)c1cc(NC(=O)N(CC2CC2)C2CC2)ccc1Br. The van der Waals surface area contributed by atoms with Crippen molar-refractivity contribution >= 4 is 33.6 Å². The molecule has 2 amide bonds. The summed E-state index contributed by atoms with van der Waals surface area (Å²) in [6, 6.07) is 5.06. The number of benzene rings is 1. The molecule has 1 aromatic rings. The van der Waals surface area contributed by atoms with E-state index < -0.39 is 5.97 Å². The van der Waals surface area contributed by atoms with Gasteiger partial charge in [0.05, 0.1) is 5.56 Å². The Balaban J connectivity index is 1.70.